The van der Waals surface area contributed by atoms with Crippen LogP contribution >= 0.6 is 0 Å². The van der Waals surface area contributed by atoms with E-state index in [0.29, 0.717) is 6.04 Å². The maximum absolute atomic E-state index is 4.65. The van der Waals surface area contributed by atoms with E-state index in [9.17, 15) is 0 Å². The highest BCUT2D eigenvalue weighted by atomic mass is 15.3. The highest BCUT2D eigenvalue weighted by molar-refractivity contribution is 5.45. The van der Waals surface area contributed by atoms with E-state index in [2.05, 4.69) is 37.9 Å². The topological polar surface area (TPSA) is 48.4 Å². The lowest BCUT2D eigenvalue weighted by Gasteiger charge is -2.38. The minimum absolute atomic E-state index is 0.427. The van der Waals surface area contributed by atoms with Gasteiger partial charge in [-0.05, 0) is 31.0 Å². The van der Waals surface area contributed by atoms with Crippen LogP contribution in [-0.4, -0.2) is 55.2 Å². The second-order valence-corrected chi connectivity index (χ2v) is 6.15. The first-order valence-electron chi connectivity index (χ1n) is 8.04. The summed E-state index contributed by atoms with van der Waals surface area (Å²) in [6.45, 7) is 2.03. The molecule has 1 aliphatic rings. The van der Waals surface area contributed by atoms with Crippen LogP contribution in [-0.2, 0) is 0 Å². The summed E-state index contributed by atoms with van der Waals surface area (Å²) >= 11 is 0. The average molecular weight is 312 g/mol. The fourth-order valence-electron chi connectivity index (χ4n) is 2.96. The number of likely N-dealkylation sites (N-methyl/N-ethyl adjacent to an activating group) is 1. The van der Waals surface area contributed by atoms with Crippen molar-refractivity contribution in [1.82, 2.24) is 15.0 Å². The molecule has 23 heavy (non-hydrogen) atoms. The highest BCUT2D eigenvalue weighted by Crippen LogP contribution is 2.23. The van der Waals surface area contributed by atoms with Crippen molar-refractivity contribution in [2.75, 3.05) is 48.9 Å². The highest BCUT2D eigenvalue weighted by Gasteiger charge is 2.25. The quantitative estimate of drug-likeness (QED) is 0.861. The number of pyridine rings is 1. The summed E-state index contributed by atoms with van der Waals surface area (Å²) < 4.78 is 0. The predicted molar refractivity (Wildman–Crippen MR) is 94.2 cm³/mol. The fraction of sp³-hybridized carbons (Fsp3) is 0.471. The van der Waals surface area contributed by atoms with Gasteiger partial charge in [-0.1, -0.05) is 6.07 Å². The minimum Gasteiger partial charge on any atom is -0.355 e. The Labute approximate surface area is 137 Å². The molecular weight excluding hydrogens is 288 g/mol. The molecule has 0 aromatic carbocycles. The third kappa shape index (κ3) is 3.52. The zero-order chi connectivity index (χ0) is 16.2. The smallest absolute Gasteiger partial charge is 0.226 e. The van der Waals surface area contributed by atoms with Crippen molar-refractivity contribution in [3.63, 3.8) is 0 Å². The normalized spacial score (nSPS) is 17.9. The number of rotatable bonds is 4. The van der Waals surface area contributed by atoms with Gasteiger partial charge in [-0.15, -0.1) is 0 Å². The van der Waals surface area contributed by atoms with Crippen LogP contribution in [0.4, 0.5) is 17.6 Å². The molecule has 1 unspecified atom stereocenters. The van der Waals surface area contributed by atoms with E-state index in [1.807, 2.05) is 49.6 Å². The lowest BCUT2D eigenvalue weighted by Crippen LogP contribution is -2.47. The van der Waals surface area contributed by atoms with Gasteiger partial charge in [0.05, 0.1) is 0 Å². The Morgan fingerprint density at radius 1 is 1.09 bits per heavy atom. The first kappa shape index (κ1) is 15.5. The Morgan fingerprint density at radius 3 is 2.70 bits per heavy atom. The summed E-state index contributed by atoms with van der Waals surface area (Å²) in [5.74, 6) is 2.77. The third-order valence-electron chi connectivity index (χ3n) is 4.31. The molecule has 2 aromatic rings. The van der Waals surface area contributed by atoms with Gasteiger partial charge in [0.15, 0.2) is 0 Å². The number of hydrogen-bond donors (Lipinski definition) is 0. The summed E-state index contributed by atoms with van der Waals surface area (Å²) in [5.41, 5.74) is 0. The Kier molecular flexibility index (Phi) is 4.60. The molecule has 2 aromatic heterocycles. The maximum atomic E-state index is 4.65. The molecule has 1 fully saturated rings. The van der Waals surface area contributed by atoms with Gasteiger partial charge in [0.2, 0.25) is 5.95 Å². The van der Waals surface area contributed by atoms with Crippen molar-refractivity contribution in [2.24, 2.45) is 0 Å². The first-order valence-corrected chi connectivity index (χ1v) is 8.04. The van der Waals surface area contributed by atoms with Crippen LogP contribution in [0.5, 0.6) is 0 Å². The second kappa shape index (κ2) is 6.81. The lowest BCUT2D eigenvalue weighted by molar-refractivity contribution is 0.483. The summed E-state index contributed by atoms with van der Waals surface area (Å²) in [6.07, 6.45) is 6.02. The molecule has 1 aliphatic heterocycles. The molecule has 0 aliphatic carbocycles. The van der Waals surface area contributed by atoms with Gasteiger partial charge in [-0.3, -0.25) is 0 Å². The summed E-state index contributed by atoms with van der Waals surface area (Å²) in [7, 11) is 6.04. The number of anilines is 3. The molecule has 6 nitrogen and oxygen atoms in total. The molecule has 122 valence electrons. The van der Waals surface area contributed by atoms with Crippen molar-refractivity contribution >= 4 is 17.6 Å². The Hall–Kier alpha value is -2.37. The van der Waals surface area contributed by atoms with Crippen LogP contribution in [0, 0.1) is 0 Å². The molecule has 3 heterocycles. The van der Waals surface area contributed by atoms with E-state index in [4.69, 9.17) is 0 Å². The SMILES string of the molecule is CN(C)c1nccc(N(C)C2CCCN(c3ccccn3)C2)n1. The van der Waals surface area contributed by atoms with Gasteiger partial charge in [0.1, 0.15) is 11.6 Å². The van der Waals surface area contributed by atoms with Crippen LogP contribution in [0.15, 0.2) is 36.7 Å². The van der Waals surface area contributed by atoms with E-state index in [1.165, 1.54) is 6.42 Å². The molecule has 0 radical (unpaired) electrons. The van der Waals surface area contributed by atoms with Crippen LogP contribution in [0.25, 0.3) is 0 Å². The Balaban J connectivity index is 1.74. The molecule has 0 saturated carbocycles. The van der Waals surface area contributed by atoms with E-state index >= 15 is 0 Å². The van der Waals surface area contributed by atoms with Crippen LogP contribution in [0.1, 0.15) is 12.8 Å². The molecule has 3 rings (SSSR count). The van der Waals surface area contributed by atoms with Crippen molar-refractivity contribution in [3.8, 4) is 0 Å². The molecule has 1 saturated heterocycles. The van der Waals surface area contributed by atoms with Crippen LogP contribution in [0.2, 0.25) is 0 Å². The van der Waals surface area contributed by atoms with Crippen LogP contribution in [0.3, 0.4) is 0 Å². The second-order valence-electron chi connectivity index (χ2n) is 6.15. The van der Waals surface area contributed by atoms with E-state index in [0.717, 1.165) is 37.1 Å². The third-order valence-corrected chi connectivity index (χ3v) is 4.31. The predicted octanol–water partition coefficient (Wildman–Crippen LogP) is 2.04. The van der Waals surface area contributed by atoms with Crippen molar-refractivity contribution in [3.05, 3.63) is 36.7 Å². The number of aromatic nitrogens is 3. The van der Waals surface area contributed by atoms with Crippen molar-refractivity contribution in [1.29, 1.82) is 0 Å². The van der Waals surface area contributed by atoms with Gasteiger partial charge in [0.25, 0.3) is 0 Å². The Morgan fingerprint density at radius 2 is 1.96 bits per heavy atom. The maximum Gasteiger partial charge on any atom is 0.226 e. The van der Waals surface area contributed by atoms with Crippen LogP contribution < -0.4 is 14.7 Å². The summed E-state index contributed by atoms with van der Waals surface area (Å²) in [4.78, 5) is 20.0. The van der Waals surface area contributed by atoms with Gasteiger partial charge in [0, 0.05) is 52.7 Å². The zero-order valence-electron chi connectivity index (χ0n) is 14.1. The molecular formula is C17H24N6. The largest absolute Gasteiger partial charge is 0.355 e. The number of nitrogens with zero attached hydrogens (tertiary/aromatic N) is 6. The summed E-state index contributed by atoms with van der Waals surface area (Å²) in [6, 6.07) is 8.49. The standard InChI is InChI=1S/C17H24N6/c1-21(2)17-19-11-9-16(20-17)22(3)14-7-6-12-23(13-14)15-8-4-5-10-18-15/h4-5,8-11,14H,6-7,12-13H2,1-3H3. The lowest BCUT2D eigenvalue weighted by atomic mass is 10.0. The molecule has 1 atom stereocenters. The number of hydrogen-bond acceptors (Lipinski definition) is 6. The first-order chi connectivity index (χ1) is 11.1. The molecule has 0 N–H and O–H groups in total. The van der Waals surface area contributed by atoms with Gasteiger partial charge < -0.3 is 14.7 Å². The Bertz CT molecular complexity index is 630. The van der Waals surface area contributed by atoms with Crippen molar-refractivity contribution < 1.29 is 0 Å². The van der Waals surface area contributed by atoms with E-state index < -0.39 is 0 Å². The van der Waals surface area contributed by atoms with Gasteiger partial charge in [-0.2, -0.15) is 4.98 Å². The molecule has 0 spiro atoms. The summed E-state index contributed by atoms with van der Waals surface area (Å²) in [5, 5.41) is 0. The van der Waals surface area contributed by atoms with E-state index in [1.54, 1.807) is 0 Å². The minimum atomic E-state index is 0.427. The zero-order valence-corrected chi connectivity index (χ0v) is 14.1. The monoisotopic (exact) mass is 312 g/mol. The van der Waals surface area contributed by atoms with E-state index in [-0.39, 0.29) is 0 Å². The number of piperidine rings is 1. The van der Waals surface area contributed by atoms with Crippen molar-refractivity contribution in [2.45, 2.75) is 18.9 Å². The van der Waals surface area contributed by atoms with Gasteiger partial charge >= 0.3 is 0 Å². The fourth-order valence-corrected chi connectivity index (χ4v) is 2.96. The van der Waals surface area contributed by atoms with Gasteiger partial charge in [-0.25, -0.2) is 9.97 Å². The average Bonchev–Trinajstić information content (AvgIpc) is 2.62. The molecule has 6 heteroatoms. The molecule has 0 bridgehead atoms. The molecule has 0 amide bonds.